The van der Waals surface area contributed by atoms with Crippen LogP contribution in [0, 0.1) is 11.6 Å². The standard InChI is InChI=1S/C23H16F2N6O3/c24-15-4-3-5-16(25)20(15)31-21-13(19-14(22(31)32)10-28-30-19)9-27-23(29-21)26-8-12-11-33-17-6-1-2-7-18(17)34-12/h1-7,9-10,12H,8,11H2,(H,28,30)(H,26,27,29). The smallest absolute Gasteiger partial charge is 0.268 e. The number of hydrogen-bond donors (Lipinski definition) is 2. The zero-order valence-corrected chi connectivity index (χ0v) is 17.5. The number of aromatic nitrogens is 5. The average molecular weight is 462 g/mol. The molecule has 2 aromatic carbocycles. The molecule has 4 heterocycles. The van der Waals surface area contributed by atoms with E-state index < -0.39 is 22.9 Å². The van der Waals surface area contributed by atoms with Gasteiger partial charge in [-0.1, -0.05) is 18.2 Å². The van der Waals surface area contributed by atoms with Crippen molar-refractivity contribution in [2.45, 2.75) is 6.10 Å². The van der Waals surface area contributed by atoms with Gasteiger partial charge in [0.2, 0.25) is 5.95 Å². The molecule has 3 aromatic heterocycles. The molecule has 0 spiro atoms. The lowest BCUT2D eigenvalue weighted by Gasteiger charge is -2.26. The van der Waals surface area contributed by atoms with Gasteiger partial charge in [0, 0.05) is 6.20 Å². The van der Waals surface area contributed by atoms with E-state index in [1.54, 1.807) is 0 Å². The minimum Gasteiger partial charge on any atom is -0.486 e. The van der Waals surface area contributed by atoms with Crippen molar-refractivity contribution < 1.29 is 18.3 Å². The first-order valence-corrected chi connectivity index (χ1v) is 10.4. The summed E-state index contributed by atoms with van der Waals surface area (Å²) in [6.07, 6.45) is 2.44. The van der Waals surface area contributed by atoms with E-state index in [1.807, 2.05) is 24.3 Å². The van der Waals surface area contributed by atoms with Crippen LogP contribution in [0.1, 0.15) is 0 Å². The van der Waals surface area contributed by atoms with Crippen molar-refractivity contribution in [2.24, 2.45) is 0 Å². The van der Waals surface area contributed by atoms with Gasteiger partial charge < -0.3 is 14.8 Å². The summed E-state index contributed by atoms with van der Waals surface area (Å²) in [5.41, 5.74) is -0.786. The van der Waals surface area contributed by atoms with Crippen LogP contribution in [0.15, 0.2) is 59.7 Å². The lowest BCUT2D eigenvalue weighted by atomic mass is 10.2. The van der Waals surface area contributed by atoms with Gasteiger partial charge >= 0.3 is 0 Å². The molecule has 0 saturated heterocycles. The third kappa shape index (κ3) is 3.20. The Labute approximate surface area is 190 Å². The van der Waals surface area contributed by atoms with Gasteiger partial charge in [-0.25, -0.2) is 13.8 Å². The number of hydrogen-bond acceptors (Lipinski definition) is 7. The van der Waals surface area contributed by atoms with Crippen molar-refractivity contribution in [1.29, 1.82) is 0 Å². The second kappa shape index (κ2) is 7.80. The predicted molar refractivity (Wildman–Crippen MR) is 120 cm³/mol. The molecule has 0 saturated carbocycles. The number of aromatic amines is 1. The van der Waals surface area contributed by atoms with E-state index in [0.717, 1.165) is 16.7 Å². The van der Waals surface area contributed by atoms with Crippen LogP contribution in [0.2, 0.25) is 0 Å². The largest absolute Gasteiger partial charge is 0.486 e. The maximum Gasteiger partial charge on any atom is 0.268 e. The van der Waals surface area contributed by atoms with Gasteiger partial charge in [0.15, 0.2) is 17.1 Å². The van der Waals surface area contributed by atoms with E-state index in [9.17, 15) is 13.6 Å². The number of halogens is 2. The van der Waals surface area contributed by atoms with Crippen molar-refractivity contribution in [3.63, 3.8) is 0 Å². The van der Waals surface area contributed by atoms with Gasteiger partial charge in [0.1, 0.15) is 30.0 Å². The number of anilines is 1. The Morgan fingerprint density at radius 3 is 2.68 bits per heavy atom. The van der Waals surface area contributed by atoms with Gasteiger partial charge in [-0.15, -0.1) is 0 Å². The van der Waals surface area contributed by atoms with Crippen LogP contribution in [-0.4, -0.2) is 44.0 Å². The molecule has 9 nitrogen and oxygen atoms in total. The summed E-state index contributed by atoms with van der Waals surface area (Å²) in [5.74, 6) is -0.346. The molecule has 0 radical (unpaired) electrons. The molecule has 34 heavy (non-hydrogen) atoms. The Morgan fingerprint density at radius 2 is 1.85 bits per heavy atom. The molecule has 0 fully saturated rings. The fraction of sp³-hybridized carbons (Fsp3) is 0.130. The molecule has 1 atom stereocenters. The number of nitrogens with one attached hydrogen (secondary N) is 2. The Hall–Kier alpha value is -4.54. The molecule has 1 aliphatic heterocycles. The average Bonchev–Trinajstić information content (AvgIpc) is 3.35. The highest BCUT2D eigenvalue weighted by molar-refractivity contribution is 6.02. The maximum atomic E-state index is 14.7. The van der Waals surface area contributed by atoms with E-state index in [1.165, 1.54) is 18.5 Å². The van der Waals surface area contributed by atoms with Crippen molar-refractivity contribution in [1.82, 2.24) is 24.7 Å². The van der Waals surface area contributed by atoms with Crippen LogP contribution in [0.5, 0.6) is 11.5 Å². The SMILES string of the molecule is O=c1c2cn[nH]c2c2cnc(NCC3COc4ccccc4O3)nc2n1-c1c(F)cccc1F. The Balaban J connectivity index is 1.41. The van der Waals surface area contributed by atoms with Gasteiger partial charge in [0.05, 0.1) is 29.0 Å². The van der Waals surface area contributed by atoms with E-state index in [0.29, 0.717) is 35.6 Å². The van der Waals surface area contributed by atoms with Crippen molar-refractivity contribution in [3.8, 4) is 17.2 Å². The number of H-pyrrole nitrogens is 1. The molecule has 2 N–H and O–H groups in total. The van der Waals surface area contributed by atoms with Gasteiger partial charge in [-0.2, -0.15) is 10.1 Å². The normalized spacial score (nSPS) is 15.1. The fourth-order valence-electron chi connectivity index (χ4n) is 3.95. The zero-order valence-electron chi connectivity index (χ0n) is 17.5. The van der Waals surface area contributed by atoms with Gasteiger partial charge in [-0.05, 0) is 24.3 Å². The van der Waals surface area contributed by atoms with E-state index >= 15 is 0 Å². The summed E-state index contributed by atoms with van der Waals surface area (Å²) in [7, 11) is 0. The summed E-state index contributed by atoms with van der Waals surface area (Å²) >= 11 is 0. The first kappa shape index (κ1) is 20.1. The summed E-state index contributed by atoms with van der Waals surface area (Å²) in [4.78, 5) is 21.9. The maximum absolute atomic E-state index is 14.7. The molecule has 1 aliphatic rings. The molecule has 5 aromatic rings. The van der Waals surface area contributed by atoms with Crippen LogP contribution >= 0.6 is 0 Å². The van der Waals surface area contributed by atoms with Crippen molar-refractivity contribution >= 4 is 27.9 Å². The van der Waals surface area contributed by atoms with Crippen LogP contribution in [-0.2, 0) is 0 Å². The highest BCUT2D eigenvalue weighted by Gasteiger charge is 2.23. The second-order valence-electron chi connectivity index (χ2n) is 7.68. The minimum absolute atomic E-state index is 0.0226. The van der Waals surface area contributed by atoms with Crippen LogP contribution in [0.25, 0.3) is 27.6 Å². The Bertz CT molecular complexity index is 1600. The van der Waals surface area contributed by atoms with Crippen molar-refractivity contribution in [2.75, 3.05) is 18.5 Å². The summed E-state index contributed by atoms with van der Waals surface area (Å²) < 4.78 is 41.9. The zero-order chi connectivity index (χ0) is 23.2. The van der Waals surface area contributed by atoms with E-state index in [-0.39, 0.29) is 23.1 Å². The van der Waals surface area contributed by atoms with Crippen LogP contribution in [0.3, 0.4) is 0 Å². The second-order valence-corrected chi connectivity index (χ2v) is 7.68. The highest BCUT2D eigenvalue weighted by atomic mass is 19.1. The first-order chi connectivity index (χ1) is 16.6. The molecule has 0 amide bonds. The molecule has 1 unspecified atom stereocenters. The third-order valence-electron chi connectivity index (χ3n) is 5.54. The summed E-state index contributed by atoms with van der Waals surface area (Å²) in [6.45, 7) is 0.613. The van der Waals surface area contributed by atoms with Gasteiger partial charge in [0.25, 0.3) is 5.56 Å². The number of rotatable bonds is 4. The summed E-state index contributed by atoms with van der Waals surface area (Å²) in [5, 5.41) is 10.2. The number of para-hydroxylation sites is 3. The van der Waals surface area contributed by atoms with Crippen molar-refractivity contribution in [3.05, 3.63) is 76.8 Å². The number of nitrogens with zero attached hydrogens (tertiary/aromatic N) is 4. The third-order valence-corrected chi connectivity index (χ3v) is 5.54. The molecule has 0 bridgehead atoms. The Morgan fingerprint density at radius 1 is 1.06 bits per heavy atom. The lowest BCUT2D eigenvalue weighted by molar-refractivity contribution is 0.0996. The molecular formula is C23H16F2N6O3. The van der Waals surface area contributed by atoms with E-state index in [4.69, 9.17) is 9.47 Å². The topological polar surface area (TPSA) is 107 Å². The molecule has 170 valence electrons. The quantitative estimate of drug-likeness (QED) is 0.422. The number of fused-ring (bicyclic) bond motifs is 4. The monoisotopic (exact) mass is 462 g/mol. The summed E-state index contributed by atoms with van der Waals surface area (Å²) in [6, 6.07) is 10.7. The number of benzene rings is 2. The first-order valence-electron chi connectivity index (χ1n) is 10.4. The molecule has 0 aliphatic carbocycles. The number of pyridine rings is 1. The van der Waals surface area contributed by atoms with E-state index in [2.05, 4.69) is 25.5 Å². The lowest BCUT2D eigenvalue weighted by Crippen LogP contribution is -2.35. The molecule has 6 rings (SSSR count). The van der Waals surface area contributed by atoms with Gasteiger partial charge in [-0.3, -0.25) is 14.5 Å². The number of ether oxygens (including phenoxy) is 2. The Kier molecular flexibility index (Phi) is 4.61. The van der Waals surface area contributed by atoms with Crippen LogP contribution < -0.4 is 20.3 Å². The predicted octanol–water partition coefficient (Wildman–Crippen LogP) is 3.19. The molecular weight excluding hydrogens is 446 g/mol. The fourth-order valence-corrected chi connectivity index (χ4v) is 3.95. The highest BCUT2D eigenvalue weighted by Crippen LogP contribution is 2.31. The minimum atomic E-state index is -0.897. The van der Waals surface area contributed by atoms with Crippen LogP contribution in [0.4, 0.5) is 14.7 Å². The molecule has 11 heteroatoms.